The average Bonchev–Trinajstić information content (AvgIpc) is 2.92. The van der Waals surface area contributed by atoms with Gasteiger partial charge >= 0.3 is 5.97 Å². The standard InChI is InChI=1S/C28H29NO4S/c1-5-32-12-13-33-28(31)21-10-11-26-24(16-21)29(17-23-19(3)14-18(2)15-20(23)4)27(30)22-8-6-7-9-25(22)34-26/h6-11,14-16H,5,12-13,17H2,1-4H3. The molecular weight excluding hydrogens is 446 g/mol. The summed E-state index contributed by atoms with van der Waals surface area (Å²) in [6, 6.07) is 17.4. The topological polar surface area (TPSA) is 55.8 Å². The van der Waals surface area contributed by atoms with E-state index in [2.05, 4.69) is 32.9 Å². The van der Waals surface area contributed by atoms with E-state index in [4.69, 9.17) is 9.47 Å². The van der Waals surface area contributed by atoms with Gasteiger partial charge in [-0.3, -0.25) is 4.79 Å². The monoisotopic (exact) mass is 475 g/mol. The number of hydrogen-bond donors (Lipinski definition) is 0. The number of carbonyl (C=O) groups excluding carboxylic acids is 2. The Morgan fingerprint density at radius 3 is 2.41 bits per heavy atom. The molecule has 0 fully saturated rings. The highest BCUT2D eigenvalue weighted by Gasteiger charge is 2.29. The van der Waals surface area contributed by atoms with Gasteiger partial charge in [-0.2, -0.15) is 0 Å². The highest BCUT2D eigenvalue weighted by molar-refractivity contribution is 7.99. The van der Waals surface area contributed by atoms with E-state index in [1.54, 1.807) is 28.8 Å². The van der Waals surface area contributed by atoms with Gasteiger partial charge in [-0.1, -0.05) is 41.6 Å². The zero-order valence-electron chi connectivity index (χ0n) is 20.0. The van der Waals surface area contributed by atoms with Gasteiger partial charge in [0.15, 0.2) is 0 Å². The quantitative estimate of drug-likeness (QED) is 0.305. The van der Waals surface area contributed by atoms with Crippen LogP contribution in [0.5, 0.6) is 0 Å². The lowest BCUT2D eigenvalue weighted by Gasteiger charge is -2.25. The van der Waals surface area contributed by atoms with E-state index in [0.717, 1.165) is 26.5 Å². The first-order valence-corrected chi connectivity index (χ1v) is 12.2. The van der Waals surface area contributed by atoms with Crippen LogP contribution in [0, 0.1) is 20.8 Å². The Morgan fingerprint density at radius 1 is 0.941 bits per heavy atom. The van der Waals surface area contributed by atoms with Crippen LogP contribution in [0.2, 0.25) is 0 Å². The fourth-order valence-electron chi connectivity index (χ4n) is 4.24. The van der Waals surface area contributed by atoms with Crippen molar-refractivity contribution < 1.29 is 19.1 Å². The maximum Gasteiger partial charge on any atom is 0.338 e. The fraction of sp³-hybridized carbons (Fsp3) is 0.286. The maximum atomic E-state index is 13.8. The number of anilines is 1. The van der Waals surface area contributed by atoms with Gasteiger partial charge in [0.05, 0.1) is 30.0 Å². The van der Waals surface area contributed by atoms with Crippen molar-refractivity contribution in [3.63, 3.8) is 0 Å². The van der Waals surface area contributed by atoms with Crippen molar-refractivity contribution in [2.24, 2.45) is 0 Å². The molecule has 3 aromatic rings. The molecule has 0 N–H and O–H groups in total. The minimum atomic E-state index is -0.427. The van der Waals surface area contributed by atoms with E-state index < -0.39 is 5.97 Å². The number of benzene rings is 3. The number of carbonyl (C=O) groups is 2. The second-order valence-corrected chi connectivity index (χ2v) is 9.47. The average molecular weight is 476 g/mol. The number of hydrogen-bond acceptors (Lipinski definition) is 5. The summed E-state index contributed by atoms with van der Waals surface area (Å²) in [6.45, 7) is 9.66. The Balaban J connectivity index is 1.75. The summed E-state index contributed by atoms with van der Waals surface area (Å²) in [5.74, 6) is -0.507. The molecule has 6 heteroatoms. The first-order valence-electron chi connectivity index (χ1n) is 11.4. The highest BCUT2D eigenvalue weighted by atomic mass is 32.2. The Kier molecular flexibility index (Phi) is 7.39. The molecule has 34 heavy (non-hydrogen) atoms. The molecule has 0 aliphatic carbocycles. The molecule has 1 aliphatic rings. The summed E-state index contributed by atoms with van der Waals surface area (Å²) in [5.41, 5.74) is 6.37. The number of fused-ring (bicyclic) bond motifs is 2. The van der Waals surface area contributed by atoms with Crippen molar-refractivity contribution in [3.05, 3.63) is 88.0 Å². The summed E-state index contributed by atoms with van der Waals surface area (Å²) >= 11 is 1.54. The van der Waals surface area contributed by atoms with Crippen molar-refractivity contribution in [1.29, 1.82) is 0 Å². The summed E-state index contributed by atoms with van der Waals surface area (Å²) in [7, 11) is 0. The number of amides is 1. The molecule has 0 spiro atoms. The second kappa shape index (κ2) is 10.5. The number of nitrogens with zero attached hydrogens (tertiary/aromatic N) is 1. The van der Waals surface area contributed by atoms with Crippen LogP contribution in [0.25, 0.3) is 0 Å². The van der Waals surface area contributed by atoms with Crippen LogP contribution in [-0.2, 0) is 16.0 Å². The molecule has 0 unspecified atom stereocenters. The van der Waals surface area contributed by atoms with E-state index in [1.165, 1.54) is 5.56 Å². The first-order chi connectivity index (χ1) is 16.4. The van der Waals surface area contributed by atoms with Crippen LogP contribution >= 0.6 is 11.8 Å². The van der Waals surface area contributed by atoms with E-state index >= 15 is 0 Å². The Morgan fingerprint density at radius 2 is 1.68 bits per heavy atom. The molecule has 1 heterocycles. The summed E-state index contributed by atoms with van der Waals surface area (Å²) in [5, 5.41) is 0. The number of aryl methyl sites for hydroxylation is 3. The van der Waals surface area contributed by atoms with E-state index in [1.807, 2.05) is 37.3 Å². The third-order valence-corrected chi connectivity index (χ3v) is 7.03. The normalized spacial score (nSPS) is 12.7. The predicted molar refractivity (Wildman–Crippen MR) is 135 cm³/mol. The van der Waals surface area contributed by atoms with Crippen molar-refractivity contribution in [1.82, 2.24) is 0 Å². The van der Waals surface area contributed by atoms with Crippen molar-refractivity contribution in [3.8, 4) is 0 Å². The third kappa shape index (κ3) is 5.03. The molecule has 0 saturated carbocycles. The zero-order chi connectivity index (χ0) is 24.2. The molecular formula is C28H29NO4S. The first kappa shape index (κ1) is 24.0. The van der Waals surface area contributed by atoms with Gasteiger partial charge in [-0.25, -0.2) is 4.79 Å². The number of ether oxygens (including phenoxy) is 2. The summed E-state index contributed by atoms with van der Waals surface area (Å²) < 4.78 is 10.6. The van der Waals surface area contributed by atoms with Gasteiger partial charge in [0.2, 0.25) is 0 Å². The molecule has 0 radical (unpaired) electrons. The van der Waals surface area contributed by atoms with E-state index in [-0.39, 0.29) is 12.5 Å². The van der Waals surface area contributed by atoms with Gasteiger partial charge in [-0.15, -0.1) is 0 Å². The van der Waals surface area contributed by atoms with Crippen LogP contribution in [0.15, 0.2) is 64.4 Å². The minimum absolute atomic E-state index is 0.0805. The fourth-order valence-corrected chi connectivity index (χ4v) is 5.30. The van der Waals surface area contributed by atoms with Crippen molar-refractivity contribution in [2.45, 2.75) is 44.0 Å². The second-order valence-electron chi connectivity index (χ2n) is 8.38. The maximum absolute atomic E-state index is 13.8. The van der Waals surface area contributed by atoms with Crippen LogP contribution in [0.1, 0.15) is 49.9 Å². The predicted octanol–water partition coefficient (Wildman–Crippen LogP) is 6.12. The molecule has 4 rings (SSSR count). The molecule has 0 bridgehead atoms. The molecule has 5 nitrogen and oxygen atoms in total. The molecule has 0 saturated heterocycles. The van der Waals surface area contributed by atoms with Gasteiger partial charge in [0.1, 0.15) is 6.61 Å². The van der Waals surface area contributed by atoms with Crippen LogP contribution < -0.4 is 4.90 Å². The number of esters is 1. The van der Waals surface area contributed by atoms with Gasteiger partial charge in [0.25, 0.3) is 5.91 Å². The van der Waals surface area contributed by atoms with Crippen LogP contribution in [-0.4, -0.2) is 31.7 Å². The van der Waals surface area contributed by atoms with Gasteiger partial charge in [-0.05, 0) is 74.7 Å². The van der Waals surface area contributed by atoms with Crippen LogP contribution in [0.3, 0.4) is 0 Å². The lowest BCUT2D eigenvalue weighted by molar-refractivity contribution is 0.0335. The summed E-state index contributed by atoms with van der Waals surface area (Å²) in [6.07, 6.45) is 0. The smallest absolute Gasteiger partial charge is 0.338 e. The van der Waals surface area contributed by atoms with Crippen LogP contribution in [0.4, 0.5) is 5.69 Å². The van der Waals surface area contributed by atoms with E-state index in [9.17, 15) is 9.59 Å². The molecule has 1 aliphatic heterocycles. The Labute approximate surface area is 205 Å². The lowest BCUT2D eigenvalue weighted by atomic mass is 9.98. The highest BCUT2D eigenvalue weighted by Crippen LogP contribution is 2.42. The molecule has 3 aromatic carbocycles. The SMILES string of the molecule is CCOCCOC(=O)c1ccc2c(c1)N(Cc1c(C)cc(C)cc1C)C(=O)c1ccccc1S2. The molecule has 0 atom stereocenters. The molecule has 176 valence electrons. The third-order valence-electron chi connectivity index (χ3n) is 5.89. The molecule has 1 amide bonds. The van der Waals surface area contributed by atoms with E-state index in [0.29, 0.717) is 36.6 Å². The molecule has 0 aromatic heterocycles. The zero-order valence-corrected chi connectivity index (χ0v) is 20.8. The largest absolute Gasteiger partial charge is 0.460 e. The van der Waals surface area contributed by atoms with Gasteiger partial charge in [0, 0.05) is 16.4 Å². The minimum Gasteiger partial charge on any atom is -0.460 e. The number of rotatable bonds is 7. The van der Waals surface area contributed by atoms with Crippen molar-refractivity contribution in [2.75, 3.05) is 24.7 Å². The lowest BCUT2D eigenvalue weighted by Crippen LogP contribution is -2.31. The summed E-state index contributed by atoms with van der Waals surface area (Å²) in [4.78, 5) is 30.1. The van der Waals surface area contributed by atoms with Crippen molar-refractivity contribution >= 4 is 29.3 Å². The van der Waals surface area contributed by atoms with Gasteiger partial charge < -0.3 is 14.4 Å². The Hall–Kier alpha value is -3.09. The Bertz CT molecular complexity index is 1210.